The first kappa shape index (κ1) is 11.4. The van der Waals surface area contributed by atoms with E-state index in [0.717, 1.165) is 18.8 Å². The van der Waals surface area contributed by atoms with Crippen LogP contribution in [0.2, 0.25) is 0 Å². The molecule has 1 fully saturated rings. The fourth-order valence-electron chi connectivity index (χ4n) is 1.54. The molecule has 82 valence electrons. The molecule has 1 aliphatic heterocycles. The fraction of sp³-hybridized carbons (Fsp3) is 0.500. The maximum absolute atomic E-state index is 5.73. The van der Waals surface area contributed by atoms with Gasteiger partial charge in [-0.15, -0.1) is 0 Å². The summed E-state index contributed by atoms with van der Waals surface area (Å²) in [6.07, 6.45) is -0.189. The van der Waals surface area contributed by atoms with Crippen molar-refractivity contribution in [2.24, 2.45) is 5.41 Å². The van der Waals surface area contributed by atoms with E-state index in [2.05, 4.69) is 48.6 Å². The summed E-state index contributed by atoms with van der Waals surface area (Å²) >= 11 is 2.31. The van der Waals surface area contributed by atoms with Crippen LogP contribution in [0.3, 0.4) is 0 Å². The van der Waals surface area contributed by atoms with Crippen LogP contribution in [0.4, 0.5) is 0 Å². The largest absolute Gasteiger partial charge is 0.348 e. The average Bonchev–Trinajstić information content (AvgIpc) is 2.19. The lowest BCUT2D eigenvalue weighted by molar-refractivity contribution is -0.226. The highest BCUT2D eigenvalue weighted by molar-refractivity contribution is 14.1. The second-order valence-corrected chi connectivity index (χ2v) is 5.80. The zero-order chi connectivity index (χ0) is 10.9. The number of halogens is 1. The summed E-state index contributed by atoms with van der Waals surface area (Å²) in [6.45, 7) is 5.81. The summed E-state index contributed by atoms with van der Waals surface area (Å²) < 4.78 is 12.7. The first-order valence-electron chi connectivity index (χ1n) is 5.06. The fourth-order valence-corrected chi connectivity index (χ4v) is 2.18. The zero-order valence-corrected chi connectivity index (χ0v) is 11.2. The smallest absolute Gasteiger partial charge is 0.184 e. The average molecular weight is 318 g/mol. The van der Waals surface area contributed by atoms with Gasteiger partial charge in [-0.05, 0) is 28.7 Å². The van der Waals surface area contributed by atoms with Crippen molar-refractivity contribution < 1.29 is 9.47 Å². The highest BCUT2D eigenvalue weighted by Crippen LogP contribution is 2.32. The normalized spacial score (nSPS) is 21.5. The van der Waals surface area contributed by atoms with Gasteiger partial charge in [-0.1, -0.05) is 32.0 Å². The van der Waals surface area contributed by atoms with Gasteiger partial charge in [-0.3, -0.25) is 0 Å². The number of hydrogen-bond donors (Lipinski definition) is 0. The van der Waals surface area contributed by atoms with Gasteiger partial charge in [0.15, 0.2) is 6.29 Å². The van der Waals surface area contributed by atoms with E-state index >= 15 is 0 Å². The van der Waals surface area contributed by atoms with Crippen molar-refractivity contribution in [1.29, 1.82) is 0 Å². The van der Waals surface area contributed by atoms with Gasteiger partial charge in [0.05, 0.1) is 13.2 Å². The van der Waals surface area contributed by atoms with Crippen LogP contribution in [0, 0.1) is 8.99 Å². The third-order valence-corrected chi connectivity index (χ3v) is 3.39. The Bertz CT molecular complexity index is 339. The number of hydrogen-bond acceptors (Lipinski definition) is 2. The Morgan fingerprint density at radius 2 is 1.80 bits per heavy atom. The lowest BCUT2D eigenvalue weighted by Crippen LogP contribution is -2.34. The number of rotatable bonds is 1. The third-order valence-electron chi connectivity index (χ3n) is 2.41. The summed E-state index contributed by atoms with van der Waals surface area (Å²) in [4.78, 5) is 0. The molecule has 0 aliphatic carbocycles. The van der Waals surface area contributed by atoms with Gasteiger partial charge in [0.25, 0.3) is 0 Å². The van der Waals surface area contributed by atoms with Crippen molar-refractivity contribution in [3.63, 3.8) is 0 Å². The van der Waals surface area contributed by atoms with Crippen LogP contribution >= 0.6 is 22.6 Å². The molecular weight excluding hydrogens is 303 g/mol. The third kappa shape index (κ3) is 2.71. The molecular formula is C12H15IO2. The van der Waals surface area contributed by atoms with Gasteiger partial charge < -0.3 is 9.47 Å². The van der Waals surface area contributed by atoms with E-state index < -0.39 is 0 Å². The Hall–Kier alpha value is -0.130. The van der Waals surface area contributed by atoms with Crippen molar-refractivity contribution in [3.05, 3.63) is 33.4 Å². The SMILES string of the molecule is CC1(C)COC(c2ccccc2I)OC1. The minimum absolute atomic E-state index is 0.136. The van der Waals surface area contributed by atoms with Crippen molar-refractivity contribution in [2.45, 2.75) is 20.1 Å². The van der Waals surface area contributed by atoms with Crippen LogP contribution < -0.4 is 0 Å². The van der Waals surface area contributed by atoms with E-state index in [1.165, 1.54) is 3.57 Å². The molecule has 1 aromatic carbocycles. The standard InChI is InChI=1S/C12H15IO2/c1-12(2)7-14-11(15-8-12)9-5-3-4-6-10(9)13/h3-6,11H,7-8H2,1-2H3. The van der Waals surface area contributed by atoms with Crippen LogP contribution in [-0.2, 0) is 9.47 Å². The topological polar surface area (TPSA) is 18.5 Å². The minimum atomic E-state index is -0.189. The number of benzene rings is 1. The van der Waals surface area contributed by atoms with E-state index in [-0.39, 0.29) is 11.7 Å². The molecule has 0 amide bonds. The number of ether oxygens (including phenoxy) is 2. The molecule has 0 atom stereocenters. The molecule has 2 nitrogen and oxygen atoms in total. The maximum Gasteiger partial charge on any atom is 0.184 e. The van der Waals surface area contributed by atoms with Crippen LogP contribution in [0.5, 0.6) is 0 Å². The summed E-state index contributed by atoms with van der Waals surface area (Å²) in [5, 5.41) is 0. The minimum Gasteiger partial charge on any atom is -0.348 e. The molecule has 1 aromatic rings. The molecule has 0 bridgehead atoms. The monoisotopic (exact) mass is 318 g/mol. The van der Waals surface area contributed by atoms with Gasteiger partial charge in [0.2, 0.25) is 0 Å². The Balaban J connectivity index is 2.11. The molecule has 0 unspecified atom stereocenters. The Kier molecular flexibility index (Phi) is 3.33. The van der Waals surface area contributed by atoms with E-state index in [0.29, 0.717) is 0 Å². The quantitative estimate of drug-likeness (QED) is 0.739. The van der Waals surface area contributed by atoms with Crippen molar-refractivity contribution in [3.8, 4) is 0 Å². The van der Waals surface area contributed by atoms with Crippen LogP contribution in [-0.4, -0.2) is 13.2 Å². The molecule has 0 N–H and O–H groups in total. The highest BCUT2D eigenvalue weighted by Gasteiger charge is 2.29. The molecule has 3 heteroatoms. The zero-order valence-electron chi connectivity index (χ0n) is 9.00. The first-order valence-corrected chi connectivity index (χ1v) is 6.14. The van der Waals surface area contributed by atoms with Crippen molar-refractivity contribution in [2.75, 3.05) is 13.2 Å². The van der Waals surface area contributed by atoms with Gasteiger partial charge in [0, 0.05) is 14.5 Å². The second kappa shape index (κ2) is 4.39. The summed E-state index contributed by atoms with van der Waals surface area (Å²) in [5.74, 6) is 0. The second-order valence-electron chi connectivity index (χ2n) is 4.64. The Labute approximate surface area is 104 Å². The predicted molar refractivity (Wildman–Crippen MR) is 67.6 cm³/mol. The lowest BCUT2D eigenvalue weighted by Gasteiger charge is -2.35. The molecule has 1 aliphatic rings. The van der Waals surface area contributed by atoms with Crippen LogP contribution in [0.1, 0.15) is 25.7 Å². The van der Waals surface area contributed by atoms with E-state index in [1.807, 2.05) is 12.1 Å². The van der Waals surface area contributed by atoms with Crippen molar-refractivity contribution >= 4 is 22.6 Å². The van der Waals surface area contributed by atoms with Crippen LogP contribution in [0.15, 0.2) is 24.3 Å². The molecule has 1 saturated heterocycles. The highest BCUT2D eigenvalue weighted by atomic mass is 127. The van der Waals surface area contributed by atoms with E-state index in [9.17, 15) is 0 Å². The molecule has 2 rings (SSSR count). The Morgan fingerprint density at radius 1 is 1.20 bits per heavy atom. The first-order chi connectivity index (χ1) is 7.08. The predicted octanol–water partition coefficient (Wildman–Crippen LogP) is 3.36. The van der Waals surface area contributed by atoms with E-state index in [4.69, 9.17) is 9.47 Å². The molecule has 0 radical (unpaired) electrons. The summed E-state index contributed by atoms with van der Waals surface area (Å²) in [7, 11) is 0. The molecule has 0 aromatic heterocycles. The summed E-state index contributed by atoms with van der Waals surface area (Å²) in [5.41, 5.74) is 1.27. The van der Waals surface area contributed by atoms with Gasteiger partial charge >= 0.3 is 0 Å². The lowest BCUT2D eigenvalue weighted by atomic mass is 9.95. The maximum atomic E-state index is 5.73. The van der Waals surface area contributed by atoms with Gasteiger partial charge in [-0.25, -0.2) is 0 Å². The van der Waals surface area contributed by atoms with E-state index in [1.54, 1.807) is 0 Å². The van der Waals surface area contributed by atoms with Crippen molar-refractivity contribution in [1.82, 2.24) is 0 Å². The summed E-state index contributed by atoms with van der Waals surface area (Å²) in [6, 6.07) is 8.18. The molecule has 1 heterocycles. The Morgan fingerprint density at radius 3 is 2.40 bits per heavy atom. The molecule has 0 saturated carbocycles. The molecule has 0 spiro atoms. The van der Waals surface area contributed by atoms with Crippen LogP contribution in [0.25, 0.3) is 0 Å². The van der Waals surface area contributed by atoms with Gasteiger partial charge in [0.1, 0.15) is 0 Å². The molecule has 15 heavy (non-hydrogen) atoms. The van der Waals surface area contributed by atoms with Gasteiger partial charge in [-0.2, -0.15) is 0 Å².